The topological polar surface area (TPSA) is 47.3 Å². The van der Waals surface area contributed by atoms with E-state index in [2.05, 4.69) is 47.7 Å². The molecule has 25 heavy (non-hydrogen) atoms. The van der Waals surface area contributed by atoms with Gasteiger partial charge in [0.1, 0.15) is 5.75 Å². The monoisotopic (exact) mass is 327 g/mol. The summed E-state index contributed by atoms with van der Waals surface area (Å²) >= 11 is 0. The van der Waals surface area contributed by atoms with Crippen LogP contribution in [0.5, 0.6) is 5.75 Å². The zero-order valence-corrected chi connectivity index (χ0v) is 14.0. The Hall–Kier alpha value is -2.79. The van der Waals surface area contributed by atoms with E-state index in [1.54, 1.807) is 0 Å². The Balaban J connectivity index is 2.00. The maximum atomic E-state index is 8.95. The number of nitrogens with zero attached hydrogens (tertiary/aromatic N) is 2. The van der Waals surface area contributed by atoms with Crippen molar-refractivity contribution in [3.8, 4) is 11.4 Å². The van der Waals surface area contributed by atoms with Crippen molar-refractivity contribution >= 4 is 29.5 Å². The summed E-state index contributed by atoms with van der Waals surface area (Å²) in [7, 11) is 0.714. The molecule has 0 unspecified atom stereocenters. The fourth-order valence-corrected chi connectivity index (χ4v) is 4.17. The van der Waals surface area contributed by atoms with E-state index >= 15 is 0 Å². The van der Waals surface area contributed by atoms with Crippen LogP contribution < -0.4 is 4.65 Å². The predicted octanol–water partition coefficient (Wildman–Crippen LogP) is 3.72. The summed E-state index contributed by atoms with van der Waals surface area (Å²) in [5, 5.41) is 11.2. The van der Waals surface area contributed by atoms with Crippen LogP contribution in [-0.2, 0) is 5.41 Å². The molecule has 4 aromatic rings. The van der Waals surface area contributed by atoms with Gasteiger partial charge in [-0.05, 0) is 35.4 Å². The predicted molar refractivity (Wildman–Crippen MR) is 99.3 cm³/mol. The second-order valence-corrected chi connectivity index (χ2v) is 6.96. The number of aromatic nitrogens is 2. The largest absolute Gasteiger partial charge is 0.569 e. The van der Waals surface area contributed by atoms with Gasteiger partial charge in [0.05, 0.1) is 22.9 Å². The molecule has 0 fully saturated rings. The lowest BCUT2D eigenvalue weighted by atomic mass is 9.75. The van der Waals surface area contributed by atoms with E-state index < -0.39 is 0 Å². The van der Waals surface area contributed by atoms with Gasteiger partial charge < -0.3 is 14.2 Å². The van der Waals surface area contributed by atoms with Crippen LogP contribution in [0.1, 0.15) is 25.0 Å². The Labute approximate surface area is 146 Å². The van der Waals surface area contributed by atoms with Crippen LogP contribution in [0.25, 0.3) is 27.5 Å². The molecular formula is C20H16BN2O2. The van der Waals surface area contributed by atoms with Gasteiger partial charge in [-0.2, -0.15) is 0 Å². The SMILES string of the molecule is CC1(C)c2ccncc2-n2c3ccc(O[B]O)cc3c3cccc1c32. The third kappa shape index (κ3) is 1.79. The highest BCUT2D eigenvalue weighted by atomic mass is 16.5. The second kappa shape index (κ2) is 4.86. The third-order valence-electron chi connectivity index (χ3n) is 5.34. The van der Waals surface area contributed by atoms with Gasteiger partial charge in [-0.25, -0.2) is 0 Å². The van der Waals surface area contributed by atoms with Crippen LogP contribution in [0.3, 0.4) is 0 Å². The van der Waals surface area contributed by atoms with Gasteiger partial charge in [-0.1, -0.05) is 32.0 Å². The number of rotatable bonds is 2. The second-order valence-electron chi connectivity index (χ2n) is 6.96. The van der Waals surface area contributed by atoms with Crippen LogP contribution >= 0.6 is 0 Å². The summed E-state index contributed by atoms with van der Waals surface area (Å²) in [5.74, 6) is 0.615. The summed E-state index contributed by atoms with van der Waals surface area (Å²) < 4.78 is 7.46. The summed E-state index contributed by atoms with van der Waals surface area (Å²) in [6.45, 7) is 4.52. The van der Waals surface area contributed by atoms with Crippen LogP contribution in [0, 0.1) is 0 Å². The molecule has 1 radical (unpaired) electrons. The normalized spacial score (nSPS) is 14.5. The fraction of sp³-hybridized carbons (Fsp3) is 0.150. The molecule has 5 rings (SSSR count). The summed E-state index contributed by atoms with van der Waals surface area (Å²) in [5.41, 5.74) is 5.92. The number of para-hydroxylation sites is 1. The first-order valence-corrected chi connectivity index (χ1v) is 8.28. The molecule has 121 valence electrons. The Bertz CT molecular complexity index is 1150. The molecule has 3 heterocycles. The molecule has 0 aliphatic carbocycles. The molecule has 0 amide bonds. The quantitative estimate of drug-likeness (QED) is 0.571. The lowest BCUT2D eigenvalue weighted by molar-refractivity contribution is 0.454. The smallest absolute Gasteiger partial charge is 0.537 e. The molecule has 0 saturated heterocycles. The van der Waals surface area contributed by atoms with Gasteiger partial charge >= 0.3 is 7.69 Å². The Kier molecular flexibility index (Phi) is 2.83. The van der Waals surface area contributed by atoms with E-state index in [1.807, 2.05) is 30.6 Å². The summed E-state index contributed by atoms with van der Waals surface area (Å²) in [6, 6.07) is 14.4. The minimum Gasteiger partial charge on any atom is -0.537 e. The van der Waals surface area contributed by atoms with Crippen LogP contribution in [-0.4, -0.2) is 22.3 Å². The molecule has 5 heteroatoms. The Morgan fingerprint density at radius 2 is 1.96 bits per heavy atom. The molecule has 2 aromatic carbocycles. The third-order valence-corrected chi connectivity index (χ3v) is 5.34. The minimum absolute atomic E-state index is 0.0969. The first-order valence-electron chi connectivity index (χ1n) is 8.28. The van der Waals surface area contributed by atoms with Gasteiger partial charge in [0.2, 0.25) is 0 Å². The van der Waals surface area contributed by atoms with Crippen molar-refractivity contribution in [3.63, 3.8) is 0 Å². The number of benzene rings is 2. The highest BCUT2D eigenvalue weighted by Crippen LogP contribution is 2.47. The van der Waals surface area contributed by atoms with Crippen LogP contribution in [0.4, 0.5) is 0 Å². The van der Waals surface area contributed by atoms with Crippen molar-refractivity contribution in [2.24, 2.45) is 0 Å². The van der Waals surface area contributed by atoms with Crippen molar-refractivity contribution in [1.29, 1.82) is 0 Å². The molecule has 1 aliphatic heterocycles. The average Bonchev–Trinajstić information content (AvgIpc) is 2.95. The highest BCUT2D eigenvalue weighted by Gasteiger charge is 2.34. The summed E-state index contributed by atoms with van der Waals surface area (Å²) in [4.78, 5) is 4.37. The summed E-state index contributed by atoms with van der Waals surface area (Å²) in [6.07, 6.45) is 3.80. The molecule has 0 atom stereocenters. The lowest BCUT2D eigenvalue weighted by Gasteiger charge is -2.34. The van der Waals surface area contributed by atoms with Crippen molar-refractivity contribution in [2.45, 2.75) is 19.3 Å². The Morgan fingerprint density at radius 1 is 1.08 bits per heavy atom. The van der Waals surface area contributed by atoms with Crippen molar-refractivity contribution in [2.75, 3.05) is 0 Å². The minimum atomic E-state index is -0.0969. The first-order chi connectivity index (χ1) is 12.1. The maximum absolute atomic E-state index is 8.95. The maximum Gasteiger partial charge on any atom is 0.569 e. The van der Waals surface area contributed by atoms with Gasteiger partial charge in [0.15, 0.2) is 0 Å². The van der Waals surface area contributed by atoms with Gasteiger partial charge in [0.25, 0.3) is 0 Å². The molecule has 1 aliphatic rings. The number of hydrogen-bond acceptors (Lipinski definition) is 3. The Morgan fingerprint density at radius 3 is 2.80 bits per heavy atom. The van der Waals surface area contributed by atoms with Gasteiger partial charge in [-0.3, -0.25) is 4.98 Å². The van der Waals surface area contributed by atoms with E-state index in [9.17, 15) is 0 Å². The zero-order valence-electron chi connectivity index (χ0n) is 14.0. The molecule has 0 saturated carbocycles. The van der Waals surface area contributed by atoms with E-state index in [-0.39, 0.29) is 5.41 Å². The fourth-order valence-electron chi connectivity index (χ4n) is 4.17. The van der Waals surface area contributed by atoms with Crippen molar-refractivity contribution in [1.82, 2.24) is 9.55 Å². The van der Waals surface area contributed by atoms with Crippen molar-refractivity contribution < 1.29 is 9.68 Å². The average molecular weight is 327 g/mol. The number of fused-ring (bicyclic) bond motifs is 5. The van der Waals surface area contributed by atoms with Crippen LogP contribution in [0.15, 0.2) is 54.9 Å². The molecular weight excluding hydrogens is 311 g/mol. The van der Waals surface area contributed by atoms with E-state index in [0.29, 0.717) is 13.4 Å². The number of hydrogen-bond donors (Lipinski definition) is 1. The van der Waals surface area contributed by atoms with E-state index in [1.165, 1.54) is 22.0 Å². The van der Waals surface area contributed by atoms with E-state index in [0.717, 1.165) is 16.6 Å². The molecule has 1 N–H and O–H groups in total. The molecule has 2 aromatic heterocycles. The van der Waals surface area contributed by atoms with Crippen molar-refractivity contribution in [3.05, 3.63) is 66.0 Å². The standard InChI is InChI=1S/C20H16BN2O2/c1-20(2)15-8-9-22-11-18(15)23-17-7-6-12(25-21-24)10-14(17)13-4-3-5-16(20)19(13)23/h3-11,24H,1-2H3. The molecule has 0 bridgehead atoms. The molecule has 0 spiro atoms. The van der Waals surface area contributed by atoms with Crippen LogP contribution in [0.2, 0.25) is 0 Å². The highest BCUT2D eigenvalue weighted by molar-refractivity contribution is 6.18. The lowest BCUT2D eigenvalue weighted by Crippen LogP contribution is -2.26. The zero-order chi connectivity index (χ0) is 17.2. The first kappa shape index (κ1) is 14.5. The van der Waals surface area contributed by atoms with E-state index in [4.69, 9.17) is 9.68 Å². The van der Waals surface area contributed by atoms with Gasteiger partial charge in [0, 0.05) is 22.4 Å². The number of pyridine rings is 1. The van der Waals surface area contributed by atoms with Gasteiger partial charge in [-0.15, -0.1) is 0 Å². The molecule has 4 nitrogen and oxygen atoms in total.